The highest BCUT2D eigenvalue weighted by molar-refractivity contribution is 5.87. The molecule has 1 aromatic carbocycles. The molecule has 2 aromatic rings. The van der Waals surface area contributed by atoms with Gasteiger partial charge in [-0.05, 0) is 43.0 Å². The lowest BCUT2D eigenvalue weighted by Crippen LogP contribution is -2.48. The molecular weight excluding hydrogens is 306 g/mol. The quantitative estimate of drug-likeness (QED) is 0.792. The van der Waals surface area contributed by atoms with Crippen LogP contribution in [0.15, 0.2) is 42.7 Å². The molecule has 1 aromatic heterocycles. The van der Waals surface area contributed by atoms with Gasteiger partial charge in [0, 0.05) is 25.5 Å². The van der Waals surface area contributed by atoms with E-state index in [-0.39, 0.29) is 11.9 Å². The second kappa shape index (κ2) is 7.63. The highest BCUT2D eigenvalue weighted by atomic mass is 16.2. The Kier molecular flexibility index (Phi) is 5.10. The van der Waals surface area contributed by atoms with Crippen LogP contribution in [0.4, 0.5) is 4.79 Å². The van der Waals surface area contributed by atoms with Gasteiger partial charge < -0.3 is 16.0 Å². The van der Waals surface area contributed by atoms with Gasteiger partial charge in [-0.15, -0.1) is 0 Å². The van der Waals surface area contributed by atoms with Crippen molar-refractivity contribution in [2.45, 2.75) is 31.8 Å². The lowest BCUT2D eigenvalue weighted by atomic mass is 10.1. The van der Waals surface area contributed by atoms with Crippen molar-refractivity contribution in [3.8, 4) is 5.69 Å². The van der Waals surface area contributed by atoms with Crippen LogP contribution in [0.1, 0.15) is 24.8 Å². The molecule has 0 saturated carbocycles. The van der Waals surface area contributed by atoms with Crippen molar-refractivity contribution in [3.05, 3.63) is 48.3 Å². The Morgan fingerprint density at radius 2 is 2.12 bits per heavy atom. The summed E-state index contributed by atoms with van der Waals surface area (Å²) < 4.78 is 1.77. The number of nitrogens with zero attached hydrogens (tertiary/aromatic N) is 2. The molecule has 1 aliphatic heterocycles. The molecule has 0 radical (unpaired) electrons. The summed E-state index contributed by atoms with van der Waals surface area (Å²) in [6.07, 6.45) is 6.16. The Bertz CT molecular complexity index is 682. The summed E-state index contributed by atoms with van der Waals surface area (Å²) in [6.45, 7) is 1.08. The van der Waals surface area contributed by atoms with Crippen LogP contribution in [-0.2, 0) is 11.3 Å². The van der Waals surface area contributed by atoms with Crippen LogP contribution in [-0.4, -0.2) is 34.3 Å². The Labute approximate surface area is 140 Å². The summed E-state index contributed by atoms with van der Waals surface area (Å²) in [5, 5.41) is 12.5. The van der Waals surface area contributed by atoms with E-state index in [0.717, 1.165) is 24.1 Å². The van der Waals surface area contributed by atoms with Gasteiger partial charge in [-0.3, -0.25) is 4.79 Å². The molecule has 3 amide bonds. The van der Waals surface area contributed by atoms with Crippen molar-refractivity contribution in [2.75, 3.05) is 6.54 Å². The van der Waals surface area contributed by atoms with Crippen molar-refractivity contribution < 1.29 is 9.59 Å². The molecule has 3 rings (SSSR count). The third-order valence-electron chi connectivity index (χ3n) is 4.00. The Balaban J connectivity index is 1.50. The number of nitrogens with one attached hydrogen (secondary N) is 3. The van der Waals surface area contributed by atoms with Crippen molar-refractivity contribution in [1.82, 2.24) is 25.7 Å². The third-order valence-corrected chi connectivity index (χ3v) is 4.00. The maximum absolute atomic E-state index is 12.0. The van der Waals surface area contributed by atoms with Gasteiger partial charge in [-0.2, -0.15) is 5.10 Å². The molecule has 1 aliphatic rings. The van der Waals surface area contributed by atoms with Gasteiger partial charge in [-0.25, -0.2) is 9.48 Å². The van der Waals surface area contributed by atoms with Crippen molar-refractivity contribution in [3.63, 3.8) is 0 Å². The Morgan fingerprint density at radius 1 is 1.29 bits per heavy atom. The molecule has 7 heteroatoms. The Morgan fingerprint density at radius 3 is 2.88 bits per heavy atom. The second-order valence-electron chi connectivity index (χ2n) is 5.78. The Hall–Kier alpha value is -2.83. The SMILES string of the molecule is O=C(NCc1ccc(-n2cccn2)cc1)N[C@@H]1CCCCNC1=O. The fourth-order valence-electron chi connectivity index (χ4n) is 2.66. The van der Waals surface area contributed by atoms with Crippen molar-refractivity contribution >= 4 is 11.9 Å². The molecule has 0 spiro atoms. The van der Waals surface area contributed by atoms with E-state index in [2.05, 4.69) is 21.0 Å². The lowest BCUT2D eigenvalue weighted by Gasteiger charge is -2.15. The van der Waals surface area contributed by atoms with E-state index >= 15 is 0 Å². The van der Waals surface area contributed by atoms with Gasteiger partial charge in [0.1, 0.15) is 6.04 Å². The number of hydrogen-bond donors (Lipinski definition) is 3. The number of benzene rings is 1. The monoisotopic (exact) mass is 327 g/mol. The van der Waals surface area contributed by atoms with Gasteiger partial charge in [0.15, 0.2) is 0 Å². The van der Waals surface area contributed by atoms with Gasteiger partial charge >= 0.3 is 6.03 Å². The van der Waals surface area contributed by atoms with Crippen LogP contribution in [0, 0.1) is 0 Å². The zero-order chi connectivity index (χ0) is 16.8. The average molecular weight is 327 g/mol. The first-order valence-corrected chi connectivity index (χ1v) is 8.13. The molecule has 0 unspecified atom stereocenters. The van der Waals surface area contributed by atoms with E-state index in [4.69, 9.17) is 0 Å². The minimum absolute atomic E-state index is 0.105. The molecule has 0 bridgehead atoms. The molecule has 24 heavy (non-hydrogen) atoms. The highest BCUT2D eigenvalue weighted by Crippen LogP contribution is 2.09. The molecule has 1 fully saturated rings. The van der Waals surface area contributed by atoms with Gasteiger partial charge in [0.05, 0.1) is 5.69 Å². The lowest BCUT2D eigenvalue weighted by molar-refractivity contribution is -0.122. The highest BCUT2D eigenvalue weighted by Gasteiger charge is 2.21. The maximum atomic E-state index is 12.0. The van der Waals surface area contributed by atoms with Gasteiger partial charge in [0.2, 0.25) is 5.91 Å². The largest absolute Gasteiger partial charge is 0.354 e. The topological polar surface area (TPSA) is 88.1 Å². The zero-order valence-electron chi connectivity index (χ0n) is 13.4. The van der Waals surface area contributed by atoms with E-state index in [1.54, 1.807) is 10.9 Å². The summed E-state index contributed by atoms with van der Waals surface area (Å²) in [6, 6.07) is 8.86. The standard InChI is InChI=1S/C17H21N5O2/c23-16-15(4-1-2-9-18-16)21-17(24)19-12-13-5-7-14(8-6-13)22-11-3-10-20-22/h3,5-8,10-11,15H,1-2,4,9,12H2,(H,18,23)(H2,19,21,24)/t15-/m1/s1. The number of aromatic nitrogens is 2. The zero-order valence-corrected chi connectivity index (χ0v) is 13.4. The predicted molar refractivity (Wildman–Crippen MR) is 89.6 cm³/mol. The summed E-state index contributed by atoms with van der Waals surface area (Å²) in [4.78, 5) is 23.8. The van der Waals surface area contributed by atoms with Crippen LogP contribution in [0.2, 0.25) is 0 Å². The molecule has 7 nitrogen and oxygen atoms in total. The molecule has 0 aliphatic carbocycles. The van der Waals surface area contributed by atoms with E-state index in [9.17, 15) is 9.59 Å². The van der Waals surface area contributed by atoms with Crippen LogP contribution in [0.3, 0.4) is 0 Å². The number of hydrogen-bond acceptors (Lipinski definition) is 3. The summed E-state index contributed by atoms with van der Waals surface area (Å²) in [5.41, 5.74) is 1.94. The first kappa shape index (κ1) is 16.0. The minimum Gasteiger partial charge on any atom is -0.354 e. The summed E-state index contributed by atoms with van der Waals surface area (Å²) in [5.74, 6) is -0.105. The first-order chi connectivity index (χ1) is 11.7. The van der Waals surface area contributed by atoms with Gasteiger partial charge in [0.25, 0.3) is 0 Å². The second-order valence-corrected chi connectivity index (χ2v) is 5.78. The van der Waals surface area contributed by atoms with E-state index in [0.29, 0.717) is 19.5 Å². The molecule has 2 heterocycles. The van der Waals surface area contributed by atoms with E-state index < -0.39 is 6.04 Å². The van der Waals surface area contributed by atoms with E-state index in [1.165, 1.54) is 0 Å². The molecule has 1 atom stereocenters. The van der Waals surface area contributed by atoms with Gasteiger partial charge in [-0.1, -0.05) is 12.1 Å². The number of rotatable bonds is 4. The molecule has 126 valence electrons. The number of carbonyl (C=O) groups is 2. The summed E-state index contributed by atoms with van der Waals surface area (Å²) in [7, 11) is 0. The smallest absolute Gasteiger partial charge is 0.315 e. The fraction of sp³-hybridized carbons (Fsp3) is 0.353. The fourth-order valence-corrected chi connectivity index (χ4v) is 2.66. The van der Waals surface area contributed by atoms with Crippen molar-refractivity contribution in [1.29, 1.82) is 0 Å². The molecule has 3 N–H and O–H groups in total. The minimum atomic E-state index is -0.449. The van der Waals surface area contributed by atoms with Crippen LogP contribution in [0.5, 0.6) is 0 Å². The third kappa shape index (κ3) is 4.13. The maximum Gasteiger partial charge on any atom is 0.315 e. The van der Waals surface area contributed by atoms with Crippen LogP contribution >= 0.6 is 0 Å². The number of urea groups is 1. The van der Waals surface area contributed by atoms with Crippen LogP contribution < -0.4 is 16.0 Å². The molecule has 1 saturated heterocycles. The van der Waals surface area contributed by atoms with Crippen LogP contribution in [0.25, 0.3) is 5.69 Å². The summed E-state index contributed by atoms with van der Waals surface area (Å²) >= 11 is 0. The first-order valence-electron chi connectivity index (χ1n) is 8.13. The average Bonchev–Trinajstić information content (AvgIpc) is 3.06. The predicted octanol–water partition coefficient (Wildman–Crippen LogP) is 1.34. The van der Waals surface area contributed by atoms with Crippen molar-refractivity contribution in [2.24, 2.45) is 0 Å². The normalized spacial score (nSPS) is 17.7. The van der Waals surface area contributed by atoms with E-state index in [1.807, 2.05) is 36.5 Å². The number of amides is 3. The molecular formula is C17H21N5O2. The number of carbonyl (C=O) groups excluding carboxylic acids is 2.